The standard InChI is InChI=1S/C11H22N2OS/c1-9(12)5-8-15-10(2)11(14)13-6-3-4-7-13/h9-10H,3-8,12H2,1-2H3. The lowest BCUT2D eigenvalue weighted by Gasteiger charge is -2.20. The number of carbonyl (C=O) groups is 1. The predicted molar refractivity (Wildman–Crippen MR) is 66.0 cm³/mol. The molecule has 3 nitrogen and oxygen atoms in total. The van der Waals surface area contributed by atoms with Gasteiger partial charge in [-0.2, -0.15) is 0 Å². The van der Waals surface area contributed by atoms with Crippen molar-refractivity contribution in [1.29, 1.82) is 0 Å². The zero-order valence-corrected chi connectivity index (χ0v) is 10.6. The average molecular weight is 230 g/mol. The van der Waals surface area contributed by atoms with Gasteiger partial charge in [0.25, 0.3) is 0 Å². The second-order valence-corrected chi connectivity index (χ2v) is 5.76. The molecule has 2 atom stereocenters. The highest BCUT2D eigenvalue weighted by molar-refractivity contribution is 8.00. The summed E-state index contributed by atoms with van der Waals surface area (Å²) in [7, 11) is 0. The quantitative estimate of drug-likeness (QED) is 0.778. The van der Waals surface area contributed by atoms with Gasteiger partial charge in [0, 0.05) is 19.1 Å². The van der Waals surface area contributed by atoms with E-state index in [1.165, 1.54) is 12.8 Å². The lowest BCUT2D eigenvalue weighted by Crippen LogP contribution is -2.34. The van der Waals surface area contributed by atoms with Crippen molar-refractivity contribution in [2.75, 3.05) is 18.8 Å². The van der Waals surface area contributed by atoms with Gasteiger partial charge in [-0.05, 0) is 38.9 Å². The van der Waals surface area contributed by atoms with Crippen LogP contribution < -0.4 is 5.73 Å². The highest BCUT2D eigenvalue weighted by Gasteiger charge is 2.23. The van der Waals surface area contributed by atoms with Crippen molar-refractivity contribution in [2.45, 2.75) is 44.4 Å². The summed E-state index contributed by atoms with van der Waals surface area (Å²) >= 11 is 1.73. The van der Waals surface area contributed by atoms with E-state index in [-0.39, 0.29) is 11.3 Å². The first kappa shape index (κ1) is 12.8. The molecule has 1 saturated heterocycles. The zero-order valence-electron chi connectivity index (χ0n) is 9.74. The van der Waals surface area contributed by atoms with E-state index in [1.54, 1.807) is 11.8 Å². The molecule has 0 radical (unpaired) electrons. The topological polar surface area (TPSA) is 46.3 Å². The highest BCUT2D eigenvalue weighted by Crippen LogP contribution is 2.18. The lowest BCUT2D eigenvalue weighted by molar-refractivity contribution is -0.129. The second kappa shape index (κ2) is 6.38. The molecule has 1 aliphatic rings. The van der Waals surface area contributed by atoms with Gasteiger partial charge < -0.3 is 10.6 Å². The third kappa shape index (κ3) is 4.43. The Morgan fingerprint density at radius 3 is 2.53 bits per heavy atom. The molecule has 88 valence electrons. The summed E-state index contributed by atoms with van der Waals surface area (Å²) in [6.07, 6.45) is 3.33. The van der Waals surface area contributed by atoms with E-state index in [1.807, 2.05) is 18.7 Å². The Kier molecular flexibility index (Phi) is 5.47. The summed E-state index contributed by atoms with van der Waals surface area (Å²) in [5, 5.41) is 0.0989. The largest absolute Gasteiger partial charge is 0.342 e. The van der Waals surface area contributed by atoms with E-state index in [9.17, 15) is 4.79 Å². The van der Waals surface area contributed by atoms with Crippen LogP contribution in [0.25, 0.3) is 0 Å². The van der Waals surface area contributed by atoms with E-state index in [0.29, 0.717) is 5.91 Å². The number of likely N-dealkylation sites (tertiary alicyclic amines) is 1. The summed E-state index contributed by atoms with van der Waals surface area (Å²) < 4.78 is 0. The van der Waals surface area contributed by atoms with Gasteiger partial charge in [-0.1, -0.05) is 0 Å². The maximum Gasteiger partial charge on any atom is 0.235 e. The predicted octanol–water partition coefficient (Wildman–Crippen LogP) is 1.47. The molecular weight excluding hydrogens is 208 g/mol. The lowest BCUT2D eigenvalue weighted by atomic mass is 10.3. The molecule has 1 amide bonds. The Balaban J connectivity index is 2.20. The van der Waals surface area contributed by atoms with Crippen LogP contribution in [-0.2, 0) is 4.79 Å². The molecule has 4 heteroatoms. The average Bonchev–Trinajstić information content (AvgIpc) is 2.68. The van der Waals surface area contributed by atoms with Gasteiger partial charge in [-0.25, -0.2) is 0 Å². The Morgan fingerprint density at radius 1 is 1.40 bits per heavy atom. The van der Waals surface area contributed by atoms with E-state index < -0.39 is 0 Å². The van der Waals surface area contributed by atoms with Crippen LogP contribution in [0.2, 0.25) is 0 Å². The van der Waals surface area contributed by atoms with Gasteiger partial charge in [0.2, 0.25) is 5.91 Å². The number of nitrogens with two attached hydrogens (primary N) is 1. The van der Waals surface area contributed by atoms with Crippen molar-refractivity contribution in [3.8, 4) is 0 Å². The Bertz CT molecular complexity index is 203. The first-order valence-electron chi connectivity index (χ1n) is 5.77. The van der Waals surface area contributed by atoms with Gasteiger partial charge in [-0.15, -0.1) is 11.8 Å². The van der Waals surface area contributed by atoms with Crippen molar-refractivity contribution in [3.63, 3.8) is 0 Å². The van der Waals surface area contributed by atoms with E-state index in [2.05, 4.69) is 0 Å². The summed E-state index contributed by atoms with van der Waals surface area (Å²) in [5.74, 6) is 1.29. The van der Waals surface area contributed by atoms with E-state index >= 15 is 0 Å². The minimum atomic E-state index is 0.0989. The van der Waals surface area contributed by atoms with Crippen LogP contribution in [-0.4, -0.2) is 40.9 Å². The summed E-state index contributed by atoms with van der Waals surface area (Å²) in [4.78, 5) is 13.9. The van der Waals surface area contributed by atoms with Gasteiger partial charge in [0.05, 0.1) is 5.25 Å². The number of thioether (sulfide) groups is 1. The maximum atomic E-state index is 11.9. The Labute approximate surface area is 96.8 Å². The minimum Gasteiger partial charge on any atom is -0.342 e. The van der Waals surface area contributed by atoms with Crippen molar-refractivity contribution in [2.24, 2.45) is 5.73 Å². The molecule has 2 unspecified atom stereocenters. The normalized spacial score (nSPS) is 20.3. The SMILES string of the molecule is CC(N)CCSC(C)C(=O)N1CCCC1. The van der Waals surface area contributed by atoms with Crippen molar-refractivity contribution < 1.29 is 4.79 Å². The molecule has 0 bridgehead atoms. The summed E-state index contributed by atoms with van der Waals surface area (Å²) in [5.41, 5.74) is 5.67. The number of rotatable bonds is 5. The van der Waals surface area contributed by atoms with E-state index in [4.69, 9.17) is 5.73 Å². The fourth-order valence-corrected chi connectivity index (χ4v) is 2.85. The maximum absolute atomic E-state index is 11.9. The van der Waals surface area contributed by atoms with Crippen LogP contribution >= 0.6 is 11.8 Å². The number of hydrogen-bond donors (Lipinski definition) is 1. The molecule has 1 aliphatic heterocycles. The molecule has 0 aliphatic carbocycles. The van der Waals surface area contributed by atoms with Gasteiger partial charge in [0.1, 0.15) is 0 Å². The molecule has 0 aromatic carbocycles. The molecule has 2 N–H and O–H groups in total. The number of amides is 1. The van der Waals surface area contributed by atoms with Crippen LogP contribution in [0.3, 0.4) is 0 Å². The Hall–Kier alpha value is -0.220. The molecule has 1 heterocycles. The van der Waals surface area contributed by atoms with Crippen molar-refractivity contribution >= 4 is 17.7 Å². The van der Waals surface area contributed by atoms with Gasteiger partial charge in [0.15, 0.2) is 0 Å². The van der Waals surface area contributed by atoms with Crippen LogP contribution in [0.4, 0.5) is 0 Å². The molecule has 0 spiro atoms. The minimum absolute atomic E-state index is 0.0989. The first-order chi connectivity index (χ1) is 7.11. The smallest absolute Gasteiger partial charge is 0.235 e. The highest BCUT2D eigenvalue weighted by atomic mass is 32.2. The van der Waals surface area contributed by atoms with Crippen LogP contribution in [0.15, 0.2) is 0 Å². The van der Waals surface area contributed by atoms with E-state index in [0.717, 1.165) is 25.3 Å². The zero-order chi connectivity index (χ0) is 11.3. The first-order valence-corrected chi connectivity index (χ1v) is 6.82. The third-order valence-electron chi connectivity index (χ3n) is 2.71. The molecule has 1 fully saturated rings. The number of hydrogen-bond acceptors (Lipinski definition) is 3. The molecule has 0 aromatic rings. The molecule has 15 heavy (non-hydrogen) atoms. The third-order valence-corrected chi connectivity index (χ3v) is 3.88. The number of carbonyl (C=O) groups excluding carboxylic acids is 1. The summed E-state index contributed by atoms with van der Waals surface area (Å²) in [6.45, 7) is 5.92. The molecule has 1 rings (SSSR count). The Morgan fingerprint density at radius 2 is 2.00 bits per heavy atom. The molecular formula is C11H22N2OS. The monoisotopic (exact) mass is 230 g/mol. The molecule has 0 aromatic heterocycles. The fraction of sp³-hybridized carbons (Fsp3) is 0.909. The fourth-order valence-electron chi connectivity index (χ4n) is 1.70. The summed E-state index contributed by atoms with van der Waals surface area (Å²) in [6, 6.07) is 0.242. The van der Waals surface area contributed by atoms with Crippen LogP contribution in [0, 0.1) is 0 Å². The van der Waals surface area contributed by atoms with Crippen LogP contribution in [0.5, 0.6) is 0 Å². The van der Waals surface area contributed by atoms with Gasteiger partial charge in [-0.3, -0.25) is 4.79 Å². The van der Waals surface area contributed by atoms with Crippen molar-refractivity contribution in [1.82, 2.24) is 4.90 Å². The number of nitrogens with zero attached hydrogens (tertiary/aromatic N) is 1. The van der Waals surface area contributed by atoms with Crippen molar-refractivity contribution in [3.05, 3.63) is 0 Å². The van der Waals surface area contributed by atoms with Gasteiger partial charge >= 0.3 is 0 Å². The second-order valence-electron chi connectivity index (χ2n) is 4.31. The van der Waals surface area contributed by atoms with Crippen LogP contribution in [0.1, 0.15) is 33.1 Å². The molecule has 0 saturated carbocycles.